The Bertz CT molecular complexity index is 649. The van der Waals surface area contributed by atoms with E-state index in [1.165, 1.54) is 0 Å². The van der Waals surface area contributed by atoms with Crippen LogP contribution in [0.1, 0.15) is 25.0 Å². The lowest BCUT2D eigenvalue weighted by molar-refractivity contribution is 0.582. The number of aromatic amines is 1. The van der Waals surface area contributed by atoms with Crippen molar-refractivity contribution >= 4 is 11.0 Å². The van der Waals surface area contributed by atoms with Gasteiger partial charge in [0.25, 0.3) is 0 Å². The molecule has 20 heavy (non-hydrogen) atoms. The molecule has 0 aliphatic carbocycles. The topological polar surface area (TPSA) is 58.5 Å². The van der Waals surface area contributed by atoms with Crippen LogP contribution in [-0.4, -0.2) is 19.5 Å². The van der Waals surface area contributed by atoms with E-state index in [9.17, 15) is 0 Å². The van der Waals surface area contributed by atoms with E-state index in [0.29, 0.717) is 6.54 Å². The minimum atomic E-state index is 0.716. The first-order valence-electron chi connectivity index (χ1n) is 7.01. The maximum absolute atomic E-state index is 4.55. The molecule has 0 amide bonds. The van der Waals surface area contributed by atoms with Gasteiger partial charge in [0.1, 0.15) is 11.6 Å². The van der Waals surface area contributed by atoms with E-state index in [2.05, 4.69) is 31.8 Å². The maximum atomic E-state index is 4.55. The zero-order valence-corrected chi connectivity index (χ0v) is 11.6. The Kier molecular flexibility index (Phi) is 3.78. The second-order valence-corrected chi connectivity index (χ2v) is 4.84. The van der Waals surface area contributed by atoms with Crippen LogP contribution in [0.5, 0.6) is 0 Å². The average molecular weight is 269 g/mol. The predicted octanol–water partition coefficient (Wildman–Crippen LogP) is 2.46. The van der Waals surface area contributed by atoms with Gasteiger partial charge in [-0.3, -0.25) is 0 Å². The Morgan fingerprint density at radius 3 is 3.00 bits per heavy atom. The van der Waals surface area contributed by atoms with Crippen LogP contribution >= 0.6 is 0 Å². The molecular weight excluding hydrogens is 250 g/mol. The van der Waals surface area contributed by atoms with Crippen molar-refractivity contribution in [1.82, 2.24) is 24.8 Å². The van der Waals surface area contributed by atoms with Crippen molar-refractivity contribution in [2.75, 3.05) is 0 Å². The first-order chi connectivity index (χ1) is 9.86. The molecular formula is C15H19N5. The van der Waals surface area contributed by atoms with Crippen molar-refractivity contribution in [1.29, 1.82) is 0 Å². The number of aromatic nitrogens is 4. The third kappa shape index (κ3) is 2.72. The number of fused-ring (bicyclic) bond motifs is 1. The van der Waals surface area contributed by atoms with Gasteiger partial charge in [-0.2, -0.15) is 0 Å². The molecule has 5 heteroatoms. The third-order valence-corrected chi connectivity index (χ3v) is 3.28. The zero-order valence-electron chi connectivity index (χ0n) is 11.6. The number of H-pyrrole nitrogens is 1. The molecule has 2 aromatic heterocycles. The highest BCUT2D eigenvalue weighted by atomic mass is 15.1. The number of hydrogen-bond acceptors (Lipinski definition) is 3. The van der Waals surface area contributed by atoms with Gasteiger partial charge >= 0.3 is 0 Å². The summed E-state index contributed by atoms with van der Waals surface area (Å²) in [5, 5.41) is 3.39. The van der Waals surface area contributed by atoms with E-state index >= 15 is 0 Å². The summed E-state index contributed by atoms with van der Waals surface area (Å²) in [6.07, 6.45) is 5.00. The summed E-state index contributed by atoms with van der Waals surface area (Å²) >= 11 is 0. The fraction of sp³-hybridized carbons (Fsp3) is 0.333. The minimum Gasteiger partial charge on any atom is -0.341 e. The van der Waals surface area contributed by atoms with Gasteiger partial charge in [-0.05, 0) is 18.6 Å². The molecule has 0 saturated heterocycles. The van der Waals surface area contributed by atoms with Crippen molar-refractivity contribution in [3.8, 4) is 0 Å². The molecule has 0 bridgehead atoms. The highest BCUT2D eigenvalue weighted by molar-refractivity contribution is 5.74. The average Bonchev–Trinajstić information content (AvgIpc) is 3.06. The number of hydrogen-bond donors (Lipinski definition) is 2. The smallest absolute Gasteiger partial charge is 0.122 e. The number of benzene rings is 1. The molecule has 3 aromatic rings. The monoisotopic (exact) mass is 269 g/mol. The van der Waals surface area contributed by atoms with Crippen LogP contribution in [0.15, 0.2) is 36.7 Å². The van der Waals surface area contributed by atoms with Crippen LogP contribution in [-0.2, 0) is 19.6 Å². The summed E-state index contributed by atoms with van der Waals surface area (Å²) in [5.41, 5.74) is 2.09. The van der Waals surface area contributed by atoms with E-state index < -0.39 is 0 Å². The predicted molar refractivity (Wildman–Crippen MR) is 79.2 cm³/mol. The number of rotatable bonds is 6. The van der Waals surface area contributed by atoms with E-state index in [1.54, 1.807) is 0 Å². The van der Waals surface area contributed by atoms with Crippen LogP contribution in [0.2, 0.25) is 0 Å². The summed E-state index contributed by atoms with van der Waals surface area (Å²) in [6, 6.07) is 8.07. The molecule has 104 valence electrons. The third-order valence-electron chi connectivity index (χ3n) is 3.28. The maximum Gasteiger partial charge on any atom is 0.122 e. The number of nitrogens with one attached hydrogen (secondary N) is 2. The molecule has 0 fully saturated rings. The van der Waals surface area contributed by atoms with E-state index in [4.69, 9.17) is 0 Å². The van der Waals surface area contributed by atoms with E-state index in [0.717, 1.165) is 42.2 Å². The number of nitrogens with zero attached hydrogens (tertiary/aromatic N) is 3. The number of aryl methyl sites for hydroxylation is 1. The quantitative estimate of drug-likeness (QED) is 0.722. The molecule has 0 aliphatic heterocycles. The molecule has 0 aliphatic rings. The molecule has 1 aromatic carbocycles. The first-order valence-corrected chi connectivity index (χ1v) is 7.01. The minimum absolute atomic E-state index is 0.716. The lowest BCUT2D eigenvalue weighted by Gasteiger charge is -2.06. The van der Waals surface area contributed by atoms with Crippen molar-refractivity contribution in [3.63, 3.8) is 0 Å². The van der Waals surface area contributed by atoms with Crippen LogP contribution in [0, 0.1) is 0 Å². The van der Waals surface area contributed by atoms with Crippen molar-refractivity contribution < 1.29 is 0 Å². The van der Waals surface area contributed by atoms with E-state index in [1.807, 2.05) is 36.7 Å². The molecule has 0 atom stereocenters. The Hall–Kier alpha value is -2.14. The molecule has 5 nitrogen and oxygen atoms in total. The fourth-order valence-corrected chi connectivity index (χ4v) is 2.33. The second-order valence-electron chi connectivity index (χ2n) is 4.84. The lowest BCUT2D eigenvalue weighted by Crippen LogP contribution is -2.17. The largest absolute Gasteiger partial charge is 0.341 e. The Morgan fingerprint density at radius 2 is 2.15 bits per heavy atom. The van der Waals surface area contributed by atoms with Gasteiger partial charge in [-0.15, -0.1) is 0 Å². The second kappa shape index (κ2) is 5.88. The van der Waals surface area contributed by atoms with Crippen LogP contribution in [0.4, 0.5) is 0 Å². The highest BCUT2D eigenvalue weighted by Gasteiger charge is 2.04. The molecule has 0 unspecified atom stereocenters. The summed E-state index contributed by atoms with van der Waals surface area (Å²) < 4.78 is 2.19. The Labute approximate surface area is 118 Å². The van der Waals surface area contributed by atoms with Crippen LogP contribution in [0.25, 0.3) is 11.0 Å². The summed E-state index contributed by atoms with van der Waals surface area (Å²) in [6.45, 7) is 4.66. The highest BCUT2D eigenvalue weighted by Crippen LogP contribution is 2.10. The molecule has 2 N–H and O–H groups in total. The molecule has 0 radical (unpaired) electrons. The summed E-state index contributed by atoms with van der Waals surface area (Å²) in [4.78, 5) is 12.2. The Morgan fingerprint density at radius 1 is 1.25 bits per heavy atom. The van der Waals surface area contributed by atoms with Crippen molar-refractivity contribution in [2.24, 2.45) is 0 Å². The molecule has 0 saturated carbocycles. The fourth-order valence-electron chi connectivity index (χ4n) is 2.33. The van der Waals surface area contributed by atoms with Crippen molar-refractivity contribution in [2.45, 2.75) is 33.0 Å². The molecule has 0 spiro atoms. The van der Waals surface area contributed by atoms with Crippen LogP contribution in [0.3, 0.4) is 0 Å². The normalized spacial score (nSPS) is 11.2. The zero-order chi connectivity index (χ0) is 13.8. The van der Waals surface area contributed by atoms with Crippen LogP contribution < -0.4 is 5.32 Å². The Balaban J connectivity index is 1.60. The number of imidazole rings is 2. The summed E-state index contributed by atoms with van der Waals surface area (Å²) in [7, 11) is 0. The van der Waals surface area contributed by atoms with Gasteiger partial charge in [-0.1, -0.05) is 19.1 Å². The summed E-state index contributed by atoms with van der Waals surface area (Å²) in [5.74, 6) is 2.03. The first kappa shape index (κ1) is 12.9. The van der Waals surface area contributed by atoms with Gasteiger partial charge in [-0.25, -0.2) is 9.97 Å². The van der Waals surface area contributed by atoms with Gasteiger partial charge in [0, 0.05) is 18.9 Å². The van der Waals surface area contributed by atoms with Gasteiger partial charge in [0.2, 0.25) is 0 Å². The van der Waals surface area contributed by atoms with Gasteiger partial charge in [0.15, 0.2) is 0 Å². The van der Waals surface area contributed by atoms with E-state index in [-0.39, 0.29) is 0 Å². The number of para-hydroxylation sites is 2. The standard InChI is InChI=1S/C15H19N5/c1-2-8-20-9-7-17-15(20)11-16-10-14-18-12-5-3-4-6-13(12)19-14/h3-7,9,16H,2,8,10-11H2,1H3,(H,18,19). The lowest BCUT2D eigenvalue weighted by atomic mass is 10.3. The van der Waals surface area contributed by atoms with Crippen molar-refractivity contribution in [3.05, 3.63) is 48.3 Å². The molecule has 3 rings (SSSR count). The molecule has 2 heterocycles. The van der Waals surface area contributed by atoms with Gasteiger partial charge < -0.3 is 14.9 Å². The SMILES string of the molecule is CCCn1ccnc1CNCc1nc2ccccc2[nH]1. The van der Waals surface area contributed by atoms with Gasteiger partial charge in [0.05, 0.1) is 24.1 Å².